The lowest BCUT2D eigenvalue weighted by Gasteiger charge is -2.16. The van der Waals surface area contributed by atoms with Gasteiger partial charge in [0.15, 0.2) is 0 Å². The van der Waals surface area contributed by atoms with Crippen molar-refractivity contribution in [3.8, 4) is 0 Å². The van der Waals surface area contributed by atoms with Crippen molar-refractivity contribution < 1.29 is 9.90 Å². The molecule has 0 unspecified atom stereocenters. The van der Waals surface area contributed by atoms with Gasteiger partial charge in [0.1, 0.15) is 0 Å². The molecule has 0 bridgehead atoms. The van der Waals surface area contributed by atoms with Gasteiger partial charge >= 0.3 is 0 Å². The summed E-state index contributed by atoms with van der Waals surface area (Å²) in [5.74, 6) is 0.467. The lowest BCUT2D eigenvalue weighted by atomic mass is 10.1. The van der Waals surface area contributed by atoms with Gasteiger partial charge in [-0.1, -0.05) is 6.92 Å². The summed E-state index contributed by atoms with van der Waals surface area (Å²) in [6.45, 7) is 3.33. The van der Waals surface area contributed by atoms with Gasteiger partial charge in [-0.25, -0.2) is 0 Å². The molecule has 1 saturated carbocycles. The van der Waals surface area contributed by atoms with Crippen molar-refractivity contribution >= 4 is 5.91 Å². The van der Waals surface area contributed by atoms with Gasteiger partial charge in [0.2, 0.25) is 0 Å². The highest BCUT2D eigenvalue weighted by atomic mass is 16.3. The monoisotopic (exact) mass is 251 g/mol. The maximum absolute atomic E-state index is 12.3. The minimum absolute atomic E-state index is 0.00982. The number of aromatic nitrogens is 2. The van der Waals surface area contributed by atoms with Crippen LogP contribution in [0.4, 0.5) is 0 Å². The first kappa shape index (κ1) is 13.1. The smallest absolute Gasteiger partial charge is 0.257 e. The standard InChI is InChI=1S/C13H21N3O2/c1-3-6-16-12(10-4-5-10)11(9-14-16)13(18)15(2)7-8-17/h9-10,17H,3-8H2,1-2H3. The Labute approximate surface area is 107 Å². The molecule has 18 heavy (non-hydrogen) atoms. The average molecular weight is 251 g/mol. The summed E-state index contributed by atoms with van der Waals surface area (Å²) in [5, 5.41) is 13.2. The predicted octanol–water partition coefficient (Wildman–Crippen LogP) is 1.23. The summed E-state index contributed by atoms with van der Waals surface area (Å²) >= 11 is 0. The fourth-order valence-corrected chi connectivity index (χ4v) is 2.19. The van der Waals surface area contributed by atoms with Crippen LogP contribution in [0.5, 0.6) is 0 Å². The Hall–Kier alpha value is -1.36. The van der Waals surface area contributed by atoms with Crippen LogP contribution in [0.1, 0.15) is 48.2 Å². The van der Waals surface area contributed by atoms with E-state index in [0.717, 1.165) is 31.5 Å². The summed E-state index contributed by atoms with van der Waals surface area (Å²) in [5.41, 5.74) is 1.80. The molecule has 1 N–H and O–H groups in total. The lowest BCUT2D eigenvalue weighted by Crippen LogP contribution is -2.30. The number of amides is 1. The fourth-order valence-electron chi connectivity index (χ4n) is 2.19. The third-order valence-electron chi connectivity index (χ3n) is 3.29. The van der Waals surface area contributed by atoms with E-state index in [1.807, 2.05) is 4.68 Å². The van der Waals surface area contributed by atoms with Gasteiger partial charge in [-0.2, -0.15) is 5.10 Å². The Kier molecular flexibility index (Phi) is 4.01. The highest BCUT2D eigenvalue weighted by molar-refractivity contribution is 5.95. The molecular weight excluding hydrogens is 230 g/mol. The Balaban J connectivity index is 2.24. The zero-order valence-corrected chi connectivity index (χ0v) is 11.1. The molecule has 0 saturated heterocycles. The van der Waals surface area contributed by atoms with Gasteiger partial charge in [0.25, 0.3) is 5.91 Å². The lowest BCUT2D eigenvalue weighted by molar-refractivity contribution is 0.0765. The van der Waals surface area contributed by atoms with Gasteiger partial charge in [0, 0.05) is 26.1 Å². The first-order valence-corrected chi connectivity index (χ1v) is 6.61. The van der Waals surface area contributed by atoms with E-state index in [2.05, 4.69) is 12.0 Å². The number of aliphatic hydroxyl groups is 1. The Morgan fingerprint density at radius 2 is 2.33 bits per heavy atom. The third kappa shape index (κ3) is 2.56. The quantitative estimate of drug-likeness (QED) is 0.827. The molecular formula is C13H21N3O2. The van der Waals surface area contributed by atoms with E-state index in [1.54, 1.807) is 18.1 Å². The molecule has 100 valence electrons. The van der Waals surface area contributed by atoms with Gasteiger partial charge in [-0.15, -0.1) is 0 Å². The number of likely N-dealkylation sites (N-methyl/N-ethyl adjacent to an activating group) is 1. The van der Waals surface area contributed by atoms with Crippen LogP contribution in [0.2, 0.25) is 0 Å². The van der Waals surface area contributed by atoms with E-state index in [4.69, 9.17) is 5.11 Å². The molecule has 1 aromatic rings. The zero-order valence-electron chi connectivity index (χ0n) is 11.1. The number of nitrogens with zero attached hydrogens (tertiary/aromatic N) is 3. The largest absolute Gasteiger partial charge is 0.395 e. The zero-order chi connectivity index (χ0) is 13.1. The maximum Gasteiger partial charge on any atom is 0.257 e. The molecule has 5 heteroatoms. The predicted molar refractivity (Wildman–Crippen MR) is 68.5 cm³/mol. The van der Waals surface area contributed by atoms with Crippen LogP contribution in [-0.4, -0.2) is 45.9 Å². The number of aryl methyl sites for hydroxylation is 1. The normalized spacial score (nSPS) is 14.8. The van der Waals surface area contributed by atoms with Crippen molar-refractivity contribution in [1.82, 2.24) is 14.7 Å². The average Bonchev–Trinajstić information content (AvgIpc) is 3.11. The molecule has 1 heterocycles. The number of rotatable bonds is 6. The summed E-state index contributed by atoms with van der Waals surface area (Å²) in [6.07, 6.45) is 5.00. The van der Waals surface area contributed by atoms with Crippen molar-refractivity contribution in [2.24, 2.45) is 0 Å². The van der Waals surface area contributed by atoms with Crippen molar-refractivity contribution in [3.63, 3.8) is 0 Å². The molecule has 2 rings (SSSR count). The van der Waals surface area contributed by atoms with Crippen molar-refractivity contribution in [1.29, 1.82) is 0 Å². The van der Waals surface area contributed by atoms with Gasteiger partial charge in [-0.05, 0) is 19.3 Å². The number of aliphatic hydroxyl groups excluding tert-OH is 1. The highest BCUT2D eigenvalue weighted by Crippen LogP contribution is 2.41. The van der Waals surface area contributed by atoms with Crippen LogP contribution >= 0.6 is 0 Å². The second-order valence-corrected chi connectivity index (χ2v) is 4.89. The minimum atomic E-state index is -0.0340. The van der Waals surface area contributed by atoms with Gasteiger partial charge in [-0.3, -0.25) is 9.48 Å². The summed E-state index contributed by atoms with van der Waals surface area (Å²) in [4.78, 5) is 13.8. The molecule has 0 aromatic carbocycles. The van der Waals surface area contributed by atoms with E-state index < -0.39 is 0 Å². The maximum atomic E-state index is 12.3. The van der Waals surface area contributed by atoms with Crippen LogP contribution in [0.15, 0.2) is 6.20 Å². The molecule has 0 radical (unpaired) electrons. The summed E-state index contributed by atoms with van der Waals surface area (Å²) in [6, 6.07) is 0. The molecule has 1 aliphatic rings. The van der Waals surface area contributed by atoms with E-state index in [-0.39, 0.29) is 12.5 Å². The molecule has 0 atom stereocenters. The van der Waals surface area contributed by atoms with Gasteiger partial charge in [0.05, 0.1) is 24.1 Å². The van der Waals surface area contributed by atoms with E-state index in [1.165, 1.54) is 0 Å². The van der Waals surface area contributed by atoms with E-state index >= 15 is 0 Å². The Morgan fingerprint density at radius 3 is 2.89 bits per heavy atom. The molecule has 0 aliphatic heterocycles. The van der Waals surface area contributed by atoms with Crippen LogP contribution < -0.4 is 0 Å². The highest BCUT2D eigenvalue weighted by Gasteiger charge is 2.32. The number of carbonyl (C=O) groups is 1. The minimum Gasteiger partial charge on any atom is -0.395 e. The van der Waals surface area contributed by atoms with Crippen molar-refractivity contribution in [3.05, 3.63) is 17.5 Å². The number of carbonyl (C=O) groups excluding carboxylic acids is 1. The van der Waals surface area contributed by atoms with Crippen molar-refractivity contribution in [2.75, 3.05) is 20.2 Å². The molecule has 1 aliphatic carbocycles. The van der Waals surface area contributed by atoms with E-state index in [0.29, 0.717) is 18.0 Å². The second-order valence-electron chi connectivity index (χ2n) is 4.89. The first-order chi connectivity index (χ1) is 8.69. The van der Waals surface area contributed by atoms with Crippen LogP contribution in [0.25, 0.3) is 0 Å². The molecule has 1 amide bonds. The van der Waals surface area contributed by atoms with Crippen LogP contribution in [0.3, 0.4) is 0 Å². The topological polar surface area (TPSA) is 58.4 Å². The fraction of sp³-hybridized carbons (Fsp3) is 0.692. The third-order valence-corrected chi connectivity index (χ3v) is 3.29. The number of hydrogen-bond donors (Lipinski definition) is 1. The Bertz CT molecular complexity index is 424. The van der Waals surface area contributed by atoms with Crippen LogP contribution in [-0.2, 0) is 6.54 Å². The first-order valence-electron chi connectivity index (χ1n) is 6.61. The number of hydrogen-bond acceptors (Lipinski definition) is 3. The molecule has 0 spiro atoms. The summed E-state index contributed by atoms with van der Waals surface area (Å²) in [7, 11) is 1.71. The molecule has 5 nitrogen and oxygen atoms in total. The van der Waals surface area contributed by atoms with Gasteiger partial charge < -0.3 is 10.0 Å². The second kappa shape index (κ2) is 5.52. The van der Waals surface area contributed by atoms with E-state index in [9.17, 15) is 4.79 Å². The molecule has 1 aromatic heterocycles. The van der Waals surface area contributed by atoms with Crippen LogP contribution in [0, 0.1) is 0 Å². The van der Waals surface area contributed by atoms with Crippen molar-refractivity contribution in [2.45, 2.75) is 38.6 Å². The molecule has 1 fully saturated rings. The SMILES string of the molecule is CCCn1ncc(C(=O)N(C)CCO)c1C1CC1. The Morgan fingerprint density at radius 1 is 1.61 bits per heavy atom. The summed E-state index contributed by atoms with van der Waals surface area (Å²) < 4.78 is 1.97.